The molecule has 1 aliphatic carbocycles. The maximum atomic E-state index is 12.7. The van der Waals surface area contributed by atoms with E-state index in [1.807, 2.05) is 0 Å². The smallest absolute Gasteiger partial charge is 0.289 e. The van der Waals surface area contributed by atoms with Crippen molar-refractivity contribution in [1.29, 1.82) is 0 Å². The Kier molecular flexibility index (Phi) is 6.94. The summed E-state index contributed by atoms with van der Waals surface area (Å²) in [6.45, 7) is 1.96. The minimum absolute atomic E-state index is 0. The number of hydrogen-bond acceptors (Lipinski definition) is 5. The molecular weight excluding hydrogens is 342 g/mol. The normalized spacial score (nSPS) is 21.5. The number of benzene rings is 1. The first-order valence-corrected chi connectivity index (χ1v) is 8.81. The molecule has 0 heterocycles. The highest BCUT2D eigenvalue weighted by atomic mass is 35.5. The zero-order valence-corrected chi connectivity index (χ0v) is 14.5. The number of aryl methyl sites for hydroxylation is 1. The third-order valence-electron chi connectivity index (χ3n) is 4.17. The Morgan fingerprint density at radius 1 is 1.35 bits per heavy atom. The van der Waals surface area contributed by atoms with Crippen molar-refractivity contribution in [2.45, 2.75) is 43.5 Å². The van der Waals surface area contributed by atoms with Gasteiger partial charge >= 0.3 is 0 Å². The molecule has 2 unspecified atom stereocenters. The van der Waals surface area contributed by atoms with Crippen LogP contribution in [-0.2, 0) is 10.0 Å². The van der Waals surface area contributed by atoms with E-state index < -0.39 is 20.6 Å². The van der Waals surface area contributed by atoms with Crippen LogP contribution in [0.2, 0.25) is 0 Å². The predicted molar refractivity (Wildman–Crippen MR) is 90.2 cm³/mol. The van der Waals surface area contributed by atoms with E-state index in [4.69, 9.17) is 5.73 Å². The molecular formula is C14H22ClN3O4S. The van der Waals surface area contributed by atoms with Crippen LogP contribution in [-0.4, -0.2) is 25.9 Å². The number of rotatable bonds is 5. The minimum Gasteiger partial charge on any atom is -0.330 e. The Morgan fingerprint density at radius 2 is 2.00 bits per heavy atom. The molecule has 7 nitrogen and oxygen atoms in total. The molecule has 3 N–H and O–H groups in total. The number of nitro groups is 1. The van der Waals surface area contributed by atoms with Crippen LogP contribution < -0.4 is 10.5 Å². The molecule has 1 saturated carbocycles. The SMILES string of the molecule is Cc1cccc([N+](=O)[O-])c1S(=O)(=O)NC1CCCCC1CN.Cl. The summed E-state index contributed by atoms with van der Waals surface area (Å²) in [6.07, 6.45) is 3.55. The maximum Gasteiger partial charge on any atom is 0.289 e. The average Bonchev–Trinajstić information content (AvgIpc) is 2.46. The fourth-order valence-electron chi connectivity index (χ4n) is 3.03. The van der Waals surface area contributed by atoms with Gasteiger partial charge in [-0.25, -0.2) is 13.1 Å². The molecule has 1 aromatic carbocycles. The van der Waals surface area contributed by atoms with Crippen LogP contribution in [0.5, 0.6) is 0 Å². The number of hydrogen-bond donors (Lipinski definition) is 2. The number of nitrogens with one attached hydrogen (secondary N) is 1. The minimum atomic E-state index is -3.96. The van der Waals surface area contributed by atoms with E-state index >= 15 is 0 Å². The van der Waals surface area contributed by atoms with E-state index in [0.717, 1.165) is 19.3 Å². The van der Waals surface area contributed by atoms with Gasteiger partial charge in [-0.1, -0.05) is 25.0 Å². The van der Waals surface area contributed by atoms with Crippen LogP contribution in [0, 0.1) is 23.0 Å². The first-order valence-electron chi connectivity index (χ1n) is 7.33. The van der Waals surface area contributed by atoms with E-state index in [2.05, 4.69) is 4.72 Å². The van der Waals surface area contributed by atoms with Gasteiger partial charge in [0, 0.05) is 12.1 Å². The summed E-state index contributed by atoms with van der Waals surface area (Å²) in [5.41, 5.74) is 5.68. The van der Waals surface area contributed by atoms with Crippen LogP contribution in [0.4, 0.5) is 5.69 Å². The van der Waals surface area contributed by atoms with Gasteiger partial charge in [-0.05, 0) is 37.8 Å². The van der Waals surface area contributed by atoms with Crippen LogP contribution in [0.25, 0.3) is 0 Å². The van der Waals surface area contributed by atoms with Crippen LogP contribution in [0.3, 0.4) is 0 Å². The van der Waals surface area contributed by atoms with Crippen LogP contribution in [0.15, 0.2) is 23.1 Å². The molecule has 2 atom stereocenters. The number of sulfonamides is 1. The van der Waals surface area contributed by atoms with E-state index in [9.17, 15) is 18.5 Å². The second-order valence-electron chi connectivity index (χ2n) is 5.69. The Balaban J connectivity index is 0.00000264. The number of nitro benzene ring substituents is 1. The molecule has 23 heavy (non-hydrogen) atoms. The third kappa shape index (κ3) is 4.41. The second kappa shape index (κ2) is 8.05. The molecule has 0 aromatic heterocycles. The molecule has 0 aliphatic heterocycles. The molecule has 0 amide bonds. The van der Waals surface area contributed by atoms with Crippen molar-refractivity contribution in [2.24, 2.45) is 11.7 Å². The maximum absolute atomic E-state index is 12.7. The Bertz CT molecular complexity index is 666. The van der Waals surface area contributed by atoms with Crippen LogP contribution in [0.1, 0.15) is 31.2 Å². The molecule has 0 spiro atoms. The first kappa shape index (κ1) is 19.8. The van der Waals surface area contributed by atoms with E-state index in [0.29, 0.717) is 18.5 Å². The largest absolute Gasteiger partial charge is 0.330 e. The summed E-state index contributed by atoms with van der Waals surface area (Å²) in [6, 6.07) is 3.99. The second-order valence-corrected chi connectivity index (χ2v) is 7.34. The van der Waals surface area contributed by atoms with E-state index in [1.165, 1.54) is 12.1 Å². The van der Waals surface area contributed by atoms with E-state index in [-0.39, 0.29) is 29.3 Å². The number of nitrogens with two attached hydrogens (primary N) is 1. The zero-order valence-electron chi connectivity index (χ0n) is 12.9. The van der Waals surface area contributed by atoms with Crippen molar-refractivity contribution in [3.8, 4) is 0 Å². The lowest BCUT2D eigenvalue weighted by molar-refractivity contribution is -0.387. The van der Waals surface area contributed by atoms with Crippen molar-refractivity contribution >= 4 is 28.1 Å². The standard InChI is InChI=1S/C14H21N3O4S.ClH/c1-10-5-4-8-13(17(18)19)14(10)22(20,21)16-12-7-3-2-6-11(12)9-15;/h4-5,8,11-12,16H,2-3,6-7,9,15H2,1H3;1H. The molecule has 9 heteroatoms. The number of halogens is 1. The average molecular weight is 364 g/mol. The lowest BCUT2D eigenvalue weighted by atomic mass is 9.85. The van der Waals surface area contributed by atoms with Gasteiger partial charge in [0.2, 0.25) is 10.0 Å². The fourth-order valence-corrected chi connectivity index (χ4v) is 4.77. The number of nitrogens with zero attached hydrogens (tertiary/aromatic N) is 1. The van der Waals surface area contributed by atoms with Gasteiger partial charge in [-0.2, -0.15) is 0 Å². The molecule has 0 radical (unpaired) electrons. The summed E-state index contributed by atoms with van der Waals surface area (Å²) in [5, 5.41) is 11.1. The van der Waals surface area contributed by atoms with Crippen molar-refractivity contribution in [3.63, 3.8) is 0 Å². The van der Waals surface area contributed by atoms with Gasteiger partial charge in [-0.3, -0.25) is 10.1 Å². The third-order valence-corrected chi connectivity index (χ3v) is 5.86. The highest BCUT2D eigenvalue weighted by molar-refractivity contribution is 7.89. The topological polar surface area (TPSA) is 115 Å². The van der Waals surface area contributed by atoms with Gasteiger partial charge in [0.1, 0.15) is 0 Å². The summed E-state index contributed by atoms with van der Waals surface area (Å²) < 4.78 is 27.9. The summed E-state index contributed by atoms with van der Waals surface area (Å²) in [5.74, 6) is 0.0756. The monoisotopic (exact) mass is 363 g/mol. The van der Waals surface area contributed by atoms with Crippen molar-refractivity contribution in [3.05, 3.63) is 33.9 Å². The zero-order chi connectivity index (χ0) is 16.3. The highest BCUT2D eigenvalue weighted by Gasteiger charge is 2.33. The van der Waals surface area contributed by atoms with Gasteiger partial charge in [-0.15, -0.1) is 12.4 Å². The summed E-state index contributed by atoms with van der Waals surface area (Å²) >= 11 is 0. The van der Waals surface area contributed by atoms with Gasteiger partial charge in [0.15, 0.2) is 4.90 Å². The van der Waals surface area contributed by atoms with Gasteiger partial charge < -0.3 is 5.73 Å². The molecule has 0 bridgehead atoms. The Labute approximate surface area is 142 Å². The molecule has 0 saturated heterocycles. The summed E-state index contributed by atoms with van der Waals surface area (Å²) in [4.78, 5) is 10.2. The lowest BCUT2D eigenvalue weighted by Crippen LogP contribution is -2.44. The molecule has 1 aromatic rings. The van der Waals surface area contributed by atoms with Gasteiger partial charge in [0.25, 0.3) is 5.69 Å². The Morgan fingerprint density at radius 3 is 2.61 bits per heavy atom. The van der Waals surface area contributed by atoms with Crippen molar-refractivity contribution in [2.75, 3.05) is 6.54 Å². The molecule has 1 fully saturated rings. The summed E-state index contributed by atoms with van der Waals surface area (Å²) in [7, 11) is -3.96. The molecule has 1 aliphatic rings. The van der Waals surface area contributed by atoms with E-state index in [1.54, 1.807) is 13.0 Å². The predicted octanol–water partition coefficient (Wildman–Crippen LogP) is 2.12. The molecule has 130 valence electrons. The fraction of sp³-hybridized carbons (Fsp3) is 0.571. The molecule has 2 rings (SSSR count). The Hall–Kier alpha value is -1.22. The van der Waals surface area contributed by atoms with Crippen LogP contribution >= 0.6 is 12.4 Å². The lowest BCUT2D eigenvalue weighted by Gasteiger charge is -2.31. The van der Waals surface area contributed by atoms with Crippen molar-refractivity contribution < 1.29 is 13.3 Å². The van der Waals surface area contributed by atoms with Gasteiger partial charge in [0.05, 0.1) is 4.92 Å². The first-order chi connectivity index (χ1) is 10.4. The van der Waals surface area contributed by atoms with Crippen molar-refractivity contribution in [1.82, 2.24) is 4.72 Å². The quantitative estimate of drug-likeness (QED) is 0.614. The highest BCUT2D eigenvalue weighted by Crippen LogP contribution is 2.29.